The Labute approximate surface area is 154 Å². The number of para-hydroxylation sites is 2. The summed E-state index contributed by atoms with van der Waals surface area (Å²) < 4.78 is 8.61. The molecule has 7 heteroatoms. The van der Waals surface area contributed by atoms with Crippen molar-refractivity contribution in [3.05, 3.63) is 77.0 Å². The number of carbonyl (C=O) groups is 1. The molecule has 0 aliphatic carbocycles. The predicted molar refractivity (Wildman–Crippen MR) is 102 cm³/mol. The number of ether oxygens (including phenoxy) is 1. The van der Waals surface area contributed by atoms with Gasteiger partial charge in [0.15, 0.2) is 0 Å². The van der Waals surface area contributed by atoms with Crippen molar-refractivity contribution in [1.29, 1.82) is 0 Å². The first-order valence-electron chi connectivity index (χ1n) is 8.56. The molecule has 3 aromatic heterocycles. The van der Waals surface area contributed by atoms with E-state index in [9.17, 15) is 9.59 Å². The van der Waals surface area contributed by atoms with Crippen LogP contribution in [0, 0.1) is 0 Å². The molecule has 0 spiro atoms. The number of methoxy groups -OCH3 is 1. The van der Waals surface area contributed by atoms with Gasteiger partial charge >= 0.3 is 0 Å². The minimum Gasteiger partial charge on any atom is -0.495 e. The van der Waals surface area contributed by atoms with Crippen molar-refractivity contribution in [3.8, 4) is 5.75 Å². The quantitative estimate of drug-likeness (QED) is 0.590. The number of aromatic nitrogens is 3. The van der Waals surface area contributed by atoms with Gasteiger partial charge in [0.2, 0.25) is 0 Å². The molecule has 7 nitrogen and oxygen atoms in total. The molecule has 0 atom stereocenters. The molecule has 4 aromatic rings. The van der Waals surface area contributed by atoms with Crippen molar-refractivity contribution in [1.82, 2.24) is 19.3 Å². The van der Waals surface area contributed by atoms with Gasteiger partial charge in [-0.05, 0) is 36.4 Å². The van der Waals surface area contributed by atoms with Crippen LogP contribution in [0.5, 0.6) is 5.75 Å². The first kappa shape index (κ1) is 16.8. The van der Waals surface area contributed by atoms with Crippen LogP contribution in [0.15, 0.2) is 65.7 Å². The highest BCUT2D eigenvalue weighted by atomic mass is 16.5. The van der Waals surface area contributed by atoms with E-state index in [0.29, 0.717) is 30.0 Å². The Morgan fingerprint density at radius 2 is 1.85 bits per heavy atom. The maximum Gasteiger partial charge on any atom is 0.275 e. The van der Waals surface area contributed by atoms with Crippen molar-refractivity contribution < 1.29 is 9.53 Å². The van der Waals surface area contributed by atoms with E-state index < -0.39 is 0 Å². The number of hydrogen-bond donors (Lipinski definition) is 1. The third-order valence-electron chi connectivity index (χ3n) is 4.47. The van der Waals surface area contributed by atoms with Crippen molar-refractivity contribution in [2.45, 2.75) is 6.54 Å². The molecule has 3 heterocycles. The Morgan fingerprint density at radius 3 is 2.59 bits per heavy atom. The molecule has 1 aromatic carbocycles. The van der Waals surface area contributed by atoms with Crippen molar-refractivity contribution in [3.63, 3.8) is 0 Å². The van der Waals surface area contributed by atoms with Crippen LogP contribution in [0.4, 0.5) is 0 Å². The van der Waals surface area contributed by atoms with Crippen LogP contribution in [-0.2, 0) is 6.54 Å². The number of nitrogens with one attached hydrogen (secondary N) is 1. The van der Waals surface area contributed by atoms with Gasteiger partial charge in [-0.25, -0.2) is 4.98 Å². The first-order chi connectivity index (χ1) is 13.2. The Bertz CT molecular complexity index is 1180. The van der Waals surface area contributed by atoms with Gasteiger partial charge in [-0.2, -0.15) is 0 Å². The minimum atomic E-state index is -0.293. The van der Waals surface area contributed by atoms with Crippen LogP contribution >= 0.6 is 0 Å². The summed E-state index contributed by atoms with van der Waals surface area (Å²) >= 11 is 0. The van der Waals surface area contributed by atoms with Crippen LogP contribution in [0.1, 0.15) is 10.5 Å². The molecule has 4 rings (SSSR count). The lowest BCUT2D eigenvalue weighted by molar-refractivity contribution is 0.0947. The summed E-state index contributed by atoms with van der Waals surface area (Å²) in [5.41, 5.74) is 2.59. The van der Waals surface area contributed by atoms with Gasteiger partial charge in [-0.1, -0.05) is 12.1 Å². The van der Waals surface area contributed by atoms with E-state index in [4.69, 9.17) is 4.74 Å². The summed E-state index contributed by atoms with van der Waals surface area (Å²) in [5, 5.41) is 2.81. The van der Waals surface area contributed by atoms with E-state index in [1.165, 1.54) is 6.20 Å². The van der Waals surface area contributed by atoms with E-state index in [2.05, 4.69) is 10.3 Å². The third kappa shape index (κ3) is 3.03. The molecule has 27 heavy (non-hydrogen) atoms. The van der Waals surface area contributed by atoms with Crippen molar-refractivity contribution >= 4 is 22.5 Å². The molecule has 0 unspecified atom stereocenters. The smallest absolute Gasteiger partial charge is 0.275 e. The highest BCUT2D eigenvalue weighted by molar-refractivity contribution is 5.92. The zero-order chi connectivity index (χ0) is 18.8. The topological polar surface area (TPSA) is 77.6 Å². The van der Waals surface area contributed by atoms with Crippen LogP contribution in [-0.4, -0.2) is 33.5 Å². The second-order valence-corrected chi connectivity index (χ2v) is 6.05. The lowest BCUT2D eigenvalue weighted by Crippen LogP contribution is -2.32. The van der Waals surface area contributed by atoms with Crippen LogP contribution in [0.2, 0.25) is 0 Å². The van der Waals surface area contributed by atoms with Gasteiger partial charge in [0.25, 0.3) is 11.5 Å². The zero-order valence-electron chi connectivity index (χ0n) is 14.8. The number of hydrogen-bond acceptors (Lipinski definition) is 4. The van der Waals surface area contributed by atoms with Crippen molar-refractivity contribution in [2.24, 2.45) is 0 Å². The van der Waals surface area contributed by atoms with Crippen LogP contribution in [0.3, 0.4) is 0 Å². The number of carbonyl (C=O) groups excluding carboxylic acids is 1. The standard InChI is InChI=1S/C20H18N4O3/c1-27-14-8-9-15(22-13-14)19(25)21-10-12-24-17-6-3-2-5-16(17)23-11-4-7-18(23)20(24)26/h2-9,11,13H,10,12H2,1H3,(H,21,25). The molecular formula is C20H18N4O3. The van der Waals surface area contributed by atoms with Gasteiger partial charge < -0.3 is 19.0 Å². The van der Waals surface area contributed by atoms with Gasteiger partial charge in [-0.3, -0.25) is 9.59 Å². The second-order valence-electron chi connectivity index (χ2n) is 6.05. The summed E-state index contributed by atoms with van der Waals surface area (Å²) in [5.74, 6) is 0.295. The lowest BCUT2D eigenvalue weighted by Gasteiger charge is -2.13. The average Bonchev–Trinajstić information content (AvgIpc) is 3.21. The molecule has 0 aliphatic rings. The Morgan fingerprint density at radius 1 is 1.07 bits per heavy atom. The molecule has 0 fully saturated rings. The number of nitrogens with zero attached hydrogens (tertiary/aromatic N) is 3. The SMILES string of the molecule is COc1ccc(C(=O)NCCn2c(=O)c3cccn3c3ccccc32)nc1. The van der Waals surface area contributed by atoms with E-state index in [1.54, 1.807) is 29.9 Å². The maximum atomic E-state index is 12.8. The number of rotatable bonds is 5. The summed E-state index contributed by atoms with van der Waals surface area (Å²) in [7, 11) is 1.54. The number of fused-ring (bicyclic) bond motifs is 3. The van der Waals surface area contributed by atoms with Crippen molar-refractivity contribution in [2.75, 3.05) is 13.7 Å². The zero-order valence-corrected chi connectivity index (χ0v) is 14.8. The van der Waals surface area contributed by atoms with E-state index in [1.807, 2.05) is 40.9 Å². The molecule has 0 radical (unpaired) electrons. The monoisotopic (exact) mass is 362 g/mol. The van der Waals surface area contributed by atoms with E-state index in [0.717, 1.165) is 11.0 Å². The Balaban J connectivity index is 1.57. The Hall–Kier alpha value is -3.61. The minimum absolute atomic E-state index is 0.0875. The largest absolute Gasteiger partial charge is 0.495 e. The fourth-order valence-corrected chi connectivity index (χ4v) is 3.14. The molecule has 1 amide bonds. The average molecular weight is 362 g/mol. The van der Waals surface area contributed by atoms with Crippen LogP contribution < -0.4 is 15.6 Å². The highest BCUT2D eigenvalue weighted by Gasteiger charge is 2.11. The highest BCUT2D eigenvalue weighted by Crippen LogP contribution is 2.14. The van der Waals surface area contributed by atoms with E-state index >= 15 is 0 Å². The molecule has 0 saturated heterocycles. The Kier molecular flexibility index (Phi) is 4.33. The predicted octanol–water partition coefficient (Wildman–Crippen LogP) is 2.09. The van der Waals surface area contributed by atoms with Gasteiger partial charge in [0.05, 0.1) is 24.3 Å². The molecule has 0 aliphatic heterocycles. The molecular weight excluding hydrogens is 344 g/mol. The molecule has 1 N–H and O–H groups in total. The van der Waals surface area contributed by atoms with Gasteiger partial charge in [0.1, 0.15) is 17.0 Å². The lowest BCUT2D eigenvalue weighted by atomic mass is 10.2. The summed E-state index contributed by atoms with van der Waals surface area (Å²) in [6.07, 6.45) is 3.37. The third-order valence-corrected chi connectivity index (χ3v) is 4.47. The van der Waals surface area contributed by atoms with Gasteiger partial charge in [-0.15, -0.1) is 0 Å². The molecule has 136 valence electrons. The number of pyridine rings is 1. The van der Waals surface area contributed by atoms with Gasteiger partial charge in [0, 0.05) is 19.3 Å². The number of benzene rings is 1. The fraction of sp³-hybridized carbons (Fsp3) is 0.150. The normalized spacial score (nSPS) is 11.0. The maximum absolute atomic E-state index is 12.8. The summed E-state index contributed by atoms with van der Waals surface area (Å²) in [6.45, 7) is 0.677. The molecule has 0 bridgehead atoms. The first-order valence-corrected chi connectivity index (χ1v) is 8.56. The van der Waals surface area contributed by atoms with Crippen LogP contribution in [0.25, 0.3) is 16.6 Å². The fourth-order valence-electron chi connectivity index (χ4n) is 3.14. The van der Waals surface area contributed by atoms with E-state index in [-0.39, 0.29) is 11.5 Å². The summed E-state index contributed by atoms with van der Waals surface area (Å²) in [4.78, 5) is 29.1. The molecule has 0 saturated carbocycles. The second kappa shape index (κ2) is 6.95. The summed E-state index contributed by atoms with van der Waals surface area (Å²) in [6, 6.07) is 14.6. The number of amides is 1.